The largest absolute Gasteiger partial charge is 0.495 e. The number of nitrogens with zero attached hydrogens (tertiary/aromatic N) is 3. The van der Waals surface area contributed by atoms with Gasteiger partial charge in [-0.15, -0.1) is 0 Å². The number of thiazole rings is 1. The highest BCUT2D eigenvalue weighted by molar-refractivity contribution is 7.93. The highest BCUT2D eigenvalue weighted by atomic mass is 32.2. The minimum atomic E-state index is -4.24. The summed E-state index contributed by atoms with van der Waals surface area (Å²) in [5, 5.41) is 6.68. The van der Waals surface area contributed by atoms with Crippen molar-refractivity contribution in [3.63, 3.8) is 0 Å². The maximum atomic E-state index is 13.5. The van der Waals surface area contributed by atoms with Crippen LogP contribution in [0.1, 0.15) is 24.1 Å². The normalized spacial score (nSPS) is 13.6. The van der Waals surface area contributed by atoms with Crippen LogP contribution < -0.4 is 23.7 Å². The van der Waals surface area contributed by atoms with Gasteiger partial charge in [0.05, 0.1) is 20.8 Å². The van der Waals surface area contributed by atoms with Gasteiger partial charge in [0.25, 0.3) is 15.2 Å². The van der Waals surface area contributed by atoms with E-state index in [2.05, 4.69) is 19.8 Å². The minimum absolute atomic E-state index is 0.0244. The van der Waals surface area contributed by atoms with Crippen LogP contribution in [-0.2, 0) is 16.4 Å². The van der Waals surface area contributed by atoms with Gasteiger partial charge in [0.15, 0.2) is 16.3 Å². The van der Waals surface area contributed by atoms with Crippen LogP contribution in [0.4, 0.5) is 5.82 Å². The van der Waals surface area contributed by atoms with Crippen LogP contribution in [-0.4, -0.2) is 44.4 Å². The van der Waals surface area contributed by atoms with Gasteiger partial charge in [-0.25, -0.2) is 18.4 Å². The zero-order chi connectivity index (χ0) is 24.6. The smallest absolute Gasteiger partial charge is 0.278 e. The zero-order valence-corrected chi connectivity index (χ0v) is 20.8. The second-order valence-corrected chi connectivity index (χ2v) is 10.2. The van der Waals surface area contributed by atoms with E-state index in [1.807, 2.05) is 5.38 Å². The fourth-order valence-corrected chi connectivity index (χ4v) is 5.66. The topological polar surface area (TPSA) is 135 Å². The lowest BCUT2D eigenvalue weighted by molar-refractivity contribution is 0.319. The lowest BCUT2D eigenvalue weighted by Gasteiger charge is -2.15. The summed E-state index contributed by atoms with van der Waals surface area (Å²) in [6.45, 7) is 2.17. The number of aryl methyl sites for hydroxylation is 1. The maximum Gasteiger partial charge on any atom is 0.278 e. The Bertz CT molecular complexity index is 1460. The number of hydrogen-bond acceptors (Lipinski definition) is 11. The summed E-state index contributed by atoms with van der Waals surface area (Å²) in [6.07, 6.45) is 4.04. The Kier molecular flexibility index (Phi) is 6.11. The number of pyridine rings is 1. The summed E-state index contributed by atoms with van der Waals surface area (Å²) in [4.78, 5) is 8.10. The molecule has 1 N–H and O–H groups in total. The summed E-state index contributed by atoms with van der Waals surface area (Å²) < 4.78 is 57.5. The summed E-state index contributed by atoms with van der Waals surface area (Å²) in [6, 6.07) is 3.18. The van der Waals surface area contributed by atoms with E-state index in [9.17, 15) is 8.42 Å². The Hall–Kier alpha value is -3.58. The second-order valence-electron chi connectivity index (χ2n) is 7.70. The summed E-state index contributed by atoms with van der Waals surface area (Å²) >= 11 is 1.36. The van der Waals surface area contributed by atoms with Gasteiger partial charge < -0.3 is 23.5 Å². The minimum Gasteiger partial charge on any atom is -0.495 e. The fraction of sp³-hybridized carbons (Fsp3) is 0.318. The third kappa shape index (κ3) is 4.32. The van der Waals surface area contributed by atoms with Crippen LogP contribution in [0.5, 0.6) is 28.3 Å². The Balaban J connectivity index is 1.62. The van der Waals surface area contributed by atoms with Crippen molar-refractivity contribution in [2.45, 2.75) is 31.1 Å². The number of benzene rings is 1. The molecule has 0 radical (unpaired) electrons. The zero-order valence-electron chi connectivity index (χ0n) is 19.2. The van der Waals surface area contributed by atoms with E-state index < -0.39 is 10.0 Å². The number of fused-ring (bicyclic) bond motifs is 3. The first-order chi connectivity index (χ1) is 16.9. The third-order valence-corrected chi connectivity index (χ3v) is 7.43. The van der Waals surface area contributed by atoms with E-state index in [0.717, 1.165) is 18.4 Å². The number of sulfonamides is 1. The van der Waals surface area contributed by atoms with Crippen molar-refractivity contribution in [1.29, 1.82) is 0 Å². The Morgan fingerprint density at radius 2 is 2.00 bits per heavy atom. The summed E-state index contributed by atoms with van der Waals surface area (Å²) in [5.41, 5.74) is 1.63. The maximum absolute atomic E-state index is 13.5. The van der Waals surface area contributed by atoms with Crippen molar-refractivity contribution in [3.05, 3.63) is 35.0 Å². The molecule has 0 unspecified atom stereocenters. The molecule has 5 rings (SSSR count). The van der Waals surface area contributed by atoms with Gasteiger partial charge in [-0.2, -0.15) is 0 Å². The molecule has 184 valence electrons. The van der Waals surface area contributed by atoms with E-state index in [0.29, 0.717) is 46.4 Å². The first-order valence-electron chi connectivity index (χ1n) is 10.7. The molecule has 0 atom stereocenters. The molecule has 0 bridgehead atoms. The first-order valence-corrected chi connectivity index (χ1v) is 13.1. The van der Waals surface area contributed by atoms with Gasteiger partial charge in [-0.3, -0.25) is 4.72 Å². The van der Waals surface area contributed by atoms with E-state index in [-0.39, 0.29) is 22.3 Å². The SMILES string of the molecule is COc1cc(C)nc(OC)c1S(=O)(=O)Nc1noc2cc(Oc3nccs3)c3c(c12)OCCCC3. The fourth-order valence-electron chi connectivity index (χ4n) is 3.90. The number of nitrogens with one attached hydrogen (secondary N) is 1. The molecule has 1 aromatic carbocycles. The molecule has 0 saturated heterocycles. The number of anilines is 1. The molecule has 11 nitrogen and oxygen atoms in total. The molecule has 0 saturated carbocycles. The van der Waals surface area contributed by atoms with E-state index in [4.69, 9.17) is 23.5 Å². The van der Waals surface area contributed by atoms with Crippen LogP contribution in [0.2, 0.25) is 0 Å². The summed E-state index contributed by atoms with van der Waals surface area (Å²) in [7, 11) is -1.54. The van der Waals surface area contributed by atoms with Gasteiger partial charge in [0.2, 0.25) is 5.88 Å². The van der Waals surface area contributed by atoms with Gasteiger partial charge >= 0.3 is 0 Å². The summed E-state index contributed by atoms with van der Waals surface area (Å²) in [5.74, 6) is 0.955. The molecule has 0 aliphatic carbocycles. The number of hydrogen-bond donors (Lipinski definition) is 1. The number of aromatic nitrogens is 3. The molecule has 0 amide bonds. The number of methoxy groups -OCH3 is 2. The Morgan fingerprint density at radius 1 is 1.14 bits per heavy atom. The van der Waals surface area contributed by atoms with Crippen molar-refractivity contribution < 1.29 is 31.9 Å². The van der Waals surface area contributed by atoms with Crippen molar-refractivity contribution >= 4 is 38.1 Å². The molecule has 0 spiro atoms. The quantitative estimate of drug-likeness (QED) is 0.377. The van der Waals surface area contributed by atoms with Crippen LogP contribution in [0.3, 0.4) is 0 Å². The van der Waals surface area contributed by atoms with Crippen LogP contribution >= 0.6 is 11.3 Å². The van der Waals surface area contributed by atoms with Gasteiger partial charge in [-0.05, 0) is 26.2 Å². The highest BCUT2D eigenvalue weighted by Crippen LogP contribution is 2.45. The first kappa shape index (κ1) is 23.2. The van der Waals surface area contributed by atoms with Gasteiger partial charge in [-0.1, -0.05) is 16.5 Å². The Morgan fingerprint density at radius 3 is 2.74 bits per heavy atom. The molecular formula is C22H22N4O7S2. The molecule has 1 aliphatic heterocycles. The predicted molar refractivity (Wildman–Crippen MR) is 128 cm³/mol. The molecular weight excluding hydrogens is 496 g/mol. The predicted octanol–water partition coefficient (Wildman–Crippen LogP) is 4.31. The van der Waals surface area contributed by atoms with Crippen LogP contribution in [0.25, 0.3) is 11.0 Å². The monoisotopic (exact) mass is 518 g/mol. The second kappa shape index (κ2) is 9.23. The molecule has 4 heterocycles. The van der Waals surface area contributed by atoms with Gasteiger partial charge in [0.1, 0.15) is 22.6 Å². The standard InChI is InChI=1S/C22H22N4O7S2/c1-12-10-16(29-2)19(21(24-12)30-3)35(27,28)26-20-17-15(33-25-20)11-14(32-22-23-7-9-34-22)13-6-4-5-8-31-18(13)17/h7,9-11H,4-6,8H2,1-3H3,(H,25,26). The average molecular weight is 519 g/mol. The van der Waals surface area contributed by atoms with Crippen molar-refractivity contribution in [3.8, 4) is 28.3 Å². The number of rotatable bonds is 7. The Labute approximate surface area is 205 Å². The highest BCUT2D eigenvalue weighted by Gasteiger charge is 2.31. The molecule has 3 aromatic heterocycles. The van der Waals surface area contributed by atoms with E-state index >= 15 is 0 Å². The van der Waals surface area contributed by atoms with E-state index in [1.165, 1.54) is 31.6 Å². The van der Waals surface area contributed by atoms with Crippen molar-refractivity contribution in [2.24, 2.45) is 0 Å². The molecule has 13 heteroatoms. The molecule has 0 fully saturated rings. The lowest BCUT2D eigenvalue weighted by atomic mass is 10.0. The molecule has 4 aromatic rings. The van der Waals surface area contributed by atoms with Gasteiger partial charge in [0, 0.05) is 35.0 Å². The van der Waals surface area contributed by atoms with Crippen LogP contribution in [0, 0.1) is 6.92 Å². The number of ether oxygens (including phenoxy) is 4. The third-order valence-electron chi connectivity index (χ3n) is 5.40. The molecule has 1 aliphatic rings. The lowest BCUT2D eigenvalue weighted by Crippen LogP contribution is -2.17. The van der Waals surface area contributed by atoms with Crippen molar-refractivity contribution in [2.75, 3.05) is 25.5 Å². The average Bonchev–Trinajstić information content (AvgIpc) is 3.41. The molecule has 35 heavy (non-hydrogen) atoms. The van der Waals surface area contributed by atoms with Crippen molar-refractivity contribution in [1.82, 2.24) is 15.1 Å². The van der Waals surface area contributed by atoms with Crippen LogP contribution in [0.15, 0.2) is 33.1 Å². The van der Waals surface area contributed by atoms with E-state index in [1.54, 1.807) is 19.2 Å².